The Morgan fingerprint density at radius 3 is 1.57 bits per heavy atom. The topological polar surface area (TPSA) is 51.8 Å². The van der Waals surface area contributed by atoms with E-state index >= 15 is 0 Å². The van der Waals surface area contributed by atoms with Gasteiger partial charge in [0.1, 0.15) is 11.2 Å². The molecule has 4 nitrogen and oxygen atoms in total. The van der Waals surface area contributed by atoms with Gasteiger partial charge in [0.25, 0.3) is 0 Å². The van der Waals surface area contributed by atoms with Crippen molar-refractivity contribution in [2.45, 2.75) is 0 Å². The summed E-state index contributed by atoms with van der Waals surface area (Å²) in [7, 11) is 0. The van der Waals surface area contributed by atoms with Gasteiger partial charge in [-0.1, -0.05) is 140 Å². The van der Waals surface area contributed by atoms with Crippen molar-refractivity contribution < 1.29 is 4.42 Å². The molecule has 0 bridgehead atoms. The fraction of sp³-hybridized carbons (Fsp3) is 0. The largest absolute Gasteiger partial charge is 0.456 e. The molecule has 47 heavy (non-hydrogen) atoms. The second-order valence-corrected chi connectivity index (χ2v) is 11.7. The van der Waals surface area contributed by atoms with Crippen LogP contribution >= 0.6 is 0 Å². The van der Waals surface area contributed by atoms with E-state index in [-0.39, 0.29) is 0 Å². The van der Waals surface area contributed by atoms with Crippen molar-refractivity contribution in [3.05, 3.63) is 164 Å². The predicted octanol–water partition coefficient (Wildman–Crippen LogP) is 11.3. The number of benzene rings is 7. The number of hydrogen-bond acceptors (Lipinski definition) is 4. The van der Waals surface area contributed by atoms with Gasteiger partial charge in [-0.05, 0) is 57.3 Å². The lowest BCUT2D eigenvalue weighted by atomic mass is 9.97. The van der Waals surface area contributed by atoms with E-state index in [4.69, 9.17) is 19.4 Å². The summed E-state index contributed by atoms with van der Waals surface area (Å²) in [5, 5.41) is 4.51. The molecular weight excluding hydrogens is 574 g/mol. The van der Waals surface area contributed by atoms with Crippen LogP contribution in [-0.2, 0) is 0 Å². The zero-order valence-corrected chi connectivity index (χ0v) is 25.3. The second kappa shape index (κ2) is 11.2. The number of hydrogen-bond donors (Lipinski definition) is 0. The molecule has 0 saturated heterocycles. The lowest BCUT2D eigenvalue weighted by molar-refractivity contribution is 0.669. The average Bonchev–Trinajstić information content (AvgIpc) is 3.53. The molecule has 220 valence electrons. The lowest BCUT2D eigenvalue weighted by Crippen LogP contribution is -2.00. The molecule has 0 radical (unpaired) electrons. The quantitative estimate of drug-likeness (QED) is 0.197. The van der Waals surface area contributed by atoms with Crippen LogP contribution in [0.25, 0.3) is 89.1 Å². The number of rotatable bonds is 5. The number of fused-ring (bicyclic) bond motifs is 4. The maximum absolute atomic E-state index is 6.47. The van der Waals surface area contributed by atoms with Crippen LogP contribution in [0.4, 0.5) is 0 Å². The van der Waals surface area contributed by atoms with Crippen molar-refractivity contribution in [3.8, 4) is 56.4 Å². The predicted molar refractivity (Wildman–Crippen MR) is 192 cm³/mol. The van der Waals surface area contributed by atoms with Gasteiger partial charge in [-0.25, -0.2) is 15.0 Å². The molecule has 0 atom stereocenters. The smallest absolute Gasteiger partial charge is 0.164 e. The molecule has 0 unspecified atom stereocenters. The molecule has 9 aromatic rings. The molecule has 0 N–H and O–H groups in total. The monoisotopic (exact) mass is 601 g/mol. The summed E-state index contributed by atoms with van der Waals surface area (Å²) in [4.78, 5) is 14.8. The average molecular weight is 602 g/mol. The molecule has 7 aromatic carbocycles. The Labute approximate surface area is 271 Å². The Balaban J connectivity index is 1.12. The first-order chi connectivity index (χ1) is 23.3. The highest BCUT2D eigenvalue weighted by molar-refractivity contribution is 6.12. The third-order valence-corrected chi connectivity index (χ3v) is 8.74. The van der Waals surface area contributed by atoms with Crippen molar-refractivity contribution in [2.75, 3.05) is 0 Å². The van der Waals surface area contributed by atoms with E-state index in [0.29, 0.717) is 17.5 Å². The summed E-state index contributed by atoms with van der Waals surface area (Å²) >= 11 is 0. The van der Waals surface area contributed by atoms with Gasteiger partial charge in [0.2, 0.25) is 0 Å². The van der Waals surface area contributed by atoms with Crippen LogP contribution < -0.4 is 0 Å². The highest BCUT2D eigenvalue weighted by atomic mass is 16.3. The Morgan fingerprint density at radius 1 is 0.340 bits per heavy atom. The zero-order chi connectivity index (χ0) is 31.2. The molecule has 0 fully saturated rings. The summed E-state index contributed by atoms with van der Waals surface area (Å²) in [6.45, 7) is 0. The van der Waals surface area contributed by atoms with E-state index in [1.165, 1.54) is 21.9 Å². The van der Waals surface area contributed by atoms with Crippen molar-refractivity contribution >= 4 is 32.7 Å². The van der Waals surface area contributed by atoms with Crippen molar-refractivity contribution in [1.29, 1.82) is 0 Å². The van der Waals surface area contributed by atoms with Crippen LogP contribution in [0, 0.1) is 0 Å². The highest BCUT2D eigenvalue weighted by Crippen LogP contribution is 2.38. The molecule has 0 aliphatic heterocycles. The Hall–Kier alpha value is -6.39. The highest BCUT2D eigenvalue weighted by Gasteiger charge is 2.18. The van der Waals surface area contributed by atoms with Gasteiger partial charge in [0.05, 0.1) is 0 Å². The number of nitrogens with zero attached hydrogens (tertiary/aromatic N) is 3. The first-order valence-electron chi connectivity index (χ1n) is 15.7. The maximum Gasteiger partial charge on any atom is 0.164 e. The fourth-order valence-corrected chi connectivity index (χ4v) is 6.34. The standard InChI is InChI=1S/C43H27N3O/c1-3-11-31(12-4-1)41-44-42(32-13-5-2-6-14-32)46-43(45-41)37-16-9-17-38-40(37)36-25-24-35(27-39(36)47-38)30-20-18-29(19-21-30)34-23-22-28-10-7-8-15-33(28)26-34/h1-27H. The van der Waals surface area contributed by atoms with E-state index in [9.17, 15) is 0 Å². The van der Waals surface area contributed by atoms with Crippen LogP contribution in [0.1, 0.15) is 0 Å². The normalized spacial score (nSPS) is 11.4. The first-order valence-corrected chi connectivity index (χ1v) is 15.7. The summed E-state index contributed by atoms with van der Waals surface area (Å²) in [6, 6.07) is 56.4. The molecule has 0 aliphatic rings. The SMILES string of the molecule is c1ccc(-c2nc(-c3ccccc3)nc(-c3cccc4oc5cc(-c6ccc(-c7ccc8ccccc8c7)cc6)ccc5c34)n2)cc1. The Morgan fingerprint density at radius 2 is 0.894 bits per heavy atom. The van der Waals surface area contributed by atoms with E-state index < -0.39 is 0 Å². The minimum absolute atomic E-state index is 0.611. The molecule has 2 heterocycles. The molecule has 0 spiro atoms. The van der Waals surface area contributed by atoms with E-state index in [1.807, 2.05) is 72.8 Å². The third-order valence-electron chi connectivity index (χ3n) is 8.74. The van der Waals surface area contributed by atoms with E-state index in [0.717, 1.165) is 49.8 Å². The molecule has 4 heteroatoms. The van der Waals surface area contributed by atoms with Gasteiger partial charge in [0, 0.05) is 27.5 Å². The van der Waals surface area contributed by atoms with Gasteiger partial charge in [0.15, 0.2) is 17.5 Å². The Bertz CT molecular complexity index is 2500. The minimum atomic E-state index is 0.611. The molecule has 0 saturated carbocycles. The fourth-order valence-electron chi connectivity index (χ4n) is 6.34. The van der Waals surface area contributed by atoms with Crippen LogP contribution in [0.15, 0.2) is 168 Å². The third kappa shape index (κ3) is 4.93. The number of furan rings is 1. The summed E-state index contributed by atoms with van der Waals surface area (Å²) in [5.41, 5.74) is 9.04. The first kappa shape index (κ1) is 27.0. The van der Waals surface area contributed by atoms with Gasteiger partial charge >= 0.3 is 0 Å². The molecular formula is C43H27N3O. The summed E-state index contributed by atoms with van der Waals surface area (Å²) in [6.07, 6.45) is 0. The maximum atomic E-state index is 6.47. The van der Waals surface area contributed by atoms with E-state index in [2.05, 4.69) is 91.0 Å². The molecule has 9 rings (SSSR count). The van der Waals surface area contributed by atoms with Crippen LogP contribution in [0.2, 0.25) is 0 Å². The Kier molecular flexibility index (Phi) is 6.43. The van der Waals surface area contributed by atoms with E-state index in [1.54, 1.807) is 0 Å². The van der Waals surface area contributed by atoms with Gasteiger partial charge in [-0.15, -0.1) is 0 Å². The molecule has 0 aliphatic carbocycles. The molecule has 2 aromatic heterocycles. The van der Waals surface area contributed by atoms with Gasteiger partial charge < -0.3 is 4.42 Å². The molecule has 0 amide bonds. The summed E-state index contributed by atoms with van der Waals surface area (Å²) < 4.78 is 6.47. The summed E-state index contributed by atoms with van der Waals surface area (Å²) in [5.74, 6) is 1.88. The zero-order valence-electron chi connectivity index (χ0n) is 25.3. The lowest BCUT2D eigenvalue weighted by Gasteiger charge is -2.09. The van der Waals surface area contributed by atoms with Crippen LogP contribution in [0.5, 0.6) is 0 Å². The van der Waals surface area contributed by atoms with Crippen molar-refractivity contribution in [1.82, 2.24) is 15.0 Å². The van der Waals surface area contributed by atoms with Crippen molar-refractivity contribution in [2.24, 2.45) is 0 Å². The minimum Gasteiger partial charge on any atom is -0.456 e. The second-order valence-electron chi connectivity index (χ2n) is 11.7. The van der Waals surface area contributed by atoms with Gasteiger partial charge in [-0.3, -0.25) is 0 Å². The van der Waals surface area contributed by atoms with Gasteiger partial charge in [-0.2, -0.15) is 0 Å². The van der Waals surface area contributed by atoms with Crippen molar-refractivity contribution in [3.63, 3.8) is 0 Å². The number of aromatic nitrogens is 3. The van der Waals surface area contributed by atoms with Crippen LogP contribution in [0.3, 0.4) is 0 Å². The van der Waals surface area contributed by atoms with Crippen LogP contribution in [-0.4, -0.2) is 15.0 Å².